The van der Waals surface area contributed by atoms with E-state index in [1.54, 1.807) is 7.11 Å². The van der Waals surface area contributed by atoms with Crippen LogP contribution in [0.1, 0.15) is 49.6 Å². The molecule has 0 spiro atoms. The van der Waals surface area contributed by atoms with Gasteiger partial charge in [0.15, 0.2) is 0 Å². The highest BCUT2D eigenvalue weighted by Gasteiger charge is 2.46. The van der Waals surface area contributed by atoms with Crippen molar-refractivity contribution in [1.29, 1.82) is 0 Å². The number of esters is 1. The minimum Gasteiger partial charge on any atom is -0.496 e. The Morgan fingerprint density at radius 3 is 2.52 bits per heavy atom. The van der Waals surface area contributed by atoms with Crippen LogP contribution in [0, 0.1) is 12.3 Å². The van der Waals surface area contributed by atoms with Crippen LogP contribution in [-0.4, -0.2) is 13.1 Å². The monoisotopic (exact) mass is 339 g/mol. The Hall–Kier alpha value is -2.49. The predicted molar refractivity (Wildman–Crippen MR) is 98.8 cm³/mol. The summed E-state index contributed by atoms with van der Waals surface area (Å²) in [5, 5.41) is 3.64. The first-order chi connectivity index (χ1) is 11.8. The minimum atomic E-state index is -0.360. The summed E-state index contributed by atoms with van der Waals surface area (Å²) >= 11 is 0. The summed E-state index contributed by atoms with van der Waals surface area (Å²) in [5.74, 6) is 0.552. The third kappa shape index (κ3) is 3.09. The Balaban J connectivity index is 2.16. The van der Waals surface area contributed by atoms with Crippen molar-refractivity contribution in [2.24, 2.45) is 5.41 Å². The highest BCUT2D eigenvalue weighted by molar-refractivity contribution is 5.68. The molecule has 4 nitrogen and oxygen atoms in total. The molecule has 1 aliphatic rings. The lowest BCUT2D eigenvalue weighted by atomic mass is 9.70. The zero-order valence-electron chi connectivity index (χ0n) is 15.4. The zero-order valence-corrected chi connectivity index (χ0v) is 15.4. The molecule has 0 saturated carbocycles. The molecule has 2 atom stereocenters. The maximum absolute atomic E-state index is 11.8. The van der Waals surface area contributed by atoms with Gasteiger partial charge >= 0.3 is 5.97 Å². The molecule has 0 aromatic heterocycles. The van der Waals surface area contributed by atoms with Gasteiger partial charge in [0, 0.05) is 29.2 Å². The van der Waals surface area contributed by atoms with Crippen LogP contribution >= 0.6 is 0 Å². The number of carbonyl (C=O) groups excluding carboxylic acids is 1. The first-order valence-corrected chi connectivity index (χ1v) is 8.52. The Morgan fingerprint density at radius 2 is 1.84 bits per heavy atom. The standard InChI is InChI=1S/C21H25NO3/c1-13-10-11-17-16(12-13)20(25-14(2)23)21(3,4)19(22-17)15-8-6-7-9-18(15)24-5/h6-12,19-20,22H,1-5H3/t19-,20+/m1/s1. The van der Waals surface area contributed by atoms with Crippen molar-refractivity contribution in [1.82, 2.24) is 0 Å². The molecular formula is C21H25NO3. The van der Waals surface area contributed by atoms with Gasteiger partial charge in [0.2, 0.25) is 0 Å². The Morgan fingerprint density at radius 1 is 1.12 bits per heavy atom. The molecular weight excluding hydrogens is 314 g/mol. The highest BCUT2D eigenvalue weighted by atomic mass is 16.5. The first-order valence-electron chi connectivity index (χ1n) is 8.52. The van der Waals surface area contributed by atoms with E-state index in [-0.39, 0.29) is 23.5 Å². The summed E-state index contributed by atoms with van der Waals surface area (Å²) < 4.78 is 11.4. The zero-order chi connectivity index (χ0) is 18.2. The lowest BCUT2D eigenvalue weighted by Gasteiger charge is -2.46. The number of hydrogen-bond acceptors (Lipinski definition) is 4. The molecule has 0 saturated heterocycles. The number of nitrogens with one attached hydrogen (secondary N) is 1. The van der Waals surface area contributed by atoms with Crippen molar-refractivity contribution < 1.29 is 14.3 Å². The second-order valence-electron chi connectivity index (χ2n) is 7.22. The summed E-state index contributed by atoms with van der Waals surface area (Å²) in [6.07, 6.45) is -0.337. The normalized spacial score (nSPS) is 21.0. The van der Waals surface area contributed by atoms with E-state index in [4.69, 9.17) is 9.47 Å². The summed E-state index contributed by atoms with van der Waals surface area (Å²) in [4.78, 5) is 11.8. The number of para-hydroxylation sites is 1. The maximum Gasteiger partial charge on any atom is 0.303 e. The molecule has 0 aliphatic carbocycles. The SMILES string of the molecule is COc1ccccc1[C@H]1Nc2ccc(C)cc2[C@H](OC(C)=O)C1(C)C. The Labute approximate surface area is 149 Å². The largest absolute Gasteiger partial charge is 0.496 e. The molecule has 25 heavy (non-hydrogen) atoms. The molecule has 0 unspecified atom stereocenters. The van der Waals surface area contributed by atoms with Gasteiger partial charge in [0.25, 0.3) is 0 Å². The Bertz CT molecular complexity index is 797. The fourth-order valence-corrected chi connectivity index (χ4v) is 3.69. The number of fused-ring (bicyclic) bond motifs is 1. The van der Waals surface area contributed by atoms with Crippen molar-refractivity contribution in [3.05, 3.63) is 59.2 Å². The summed E-state index contributed by atoms with van der Waals surface area (Å²) in [5.41, 5.74) is 3.85. The van der Waals surface area contributed by atoms with Crippen LogP contribution in [0.2, 0.25) is 0 Å². The van der Waals surface area contributed by atoms with Gasteiger partial charge in [-0.3, -0.25) is 4.79 Å². The maximum atomic E-state index is 11.8. The second kappa shape index (κ2) is 6.43. The summed E-state index contributed by atoms with van der Waals surface area (Å²) in [6.45, 7) is 7.75. The van der Waals surface area contributed by atoms with Gasteiger partial charge in [-0.25, -0.2) is 0 Å². The van der Waals surface area contributed by atoms with E-state index >= 15 is 0 Å². The van der Waals surface area contributed by atoms with Crippen LogP contribution in [-0.2, 0) is 9.53 Å². The van der Waals surface area contributed by atoms with E-state index in [1.807, 2.05) is 25.1 Å². The van der Waals surface area contributed by atoms with Crippen molar-refractivity contribution in [3.63, 3.8) is 0 Å². The van der Waals surface area contributed by atoms with E-state index in [9.17, 15) is 4.79 Å². The topological polar surface area (TPSA) is 47.6 Å². The minimum absolute atomic E-state index is 0.0526. The number of rotatable bonds is 3. The molecule has 0 radical (unpaired) electrons. The average molecular weight is 339 g/mol. The number of hydrogen-bond donors (Lipinski definition) is 1. The van der Waals surface area contributed by atoms with Crippen LogP contribution in [0.25, 0.3) is 0 Å². The fourth-order valence-electron chi connectivity index (χ4n) is 3.69. The van der Waals surface area contributed by atoms with E-state index < -0.39 is 0 Å². The molecule has 0 amide bonds. The molecule has 1 aliphatic heterocycles. The van der Waals surface area contributed by atoms with Crippen LogP contribution in [0.5, 0.6) is 5.75 Å². The number of benzene rings is 2. The van der Waals surface area contributed by atoms with Gasteiger partial charge in [-0.15, -0.1) is 0 Å². The molecule has 4 heteroatoms. The van der Waals surface area contributed by atoms with Gasteiger partial charge in [-0.2, -0.15) is 0 Å². The average Bonchev–Trinajstić information content (AvgIpc) is 2.57. The van der Waals surface area contributed by atoms with Crippen molar-refractivity contribution in [2.45, 2.75) is 39.8 Å². The number of carbonyl (C=O) groups is 1. The van der Waals surface area contributed by atoms with Crippen molar-refractivity contribution in [3.8, 4) is 5.75 Å². The van der Waals surface area contributed by atoms with Crippen LogP contribution in [0.3, 0.4) is 0 Å². The van der Waals surface area contributed by atoms with Crippen LogP contribution in [0.4, 0.5) is 5.69 Å². The van der Waals surface area contributed by atoms with Crippen molar-refractivity contribution >= 4 is 11.7 Å². The number of anilines is 1. The smallest absolute Gasteiger partial charge is 0.303 e. The van der Waals surface area contributed by atoms with Crippen LogP contribution in [0.15, 0.2) is 42.5 Å². The van der Waals surface area contributed by atoms with Gasteiger partial charge in [-0.1, -0.05) is 49.7 Å². The van der Waals surface area contributed by atoms with Gasteiger partial charge in [0.1, 0.15) is 11.9 Å². The third-order valence-corrected chi connectivity index (χ3v) is 4.94. The molecule has 132 valence electrons. The predicted octanol–water partition coefficient (Wildman–Crippen LogP) is 4.80. The van der Waals surface area contributed by atoms with Crippen LogP contribution < -0.4 is 10.1 Å². The quantitative estimate of drug-likeness (QED) is 0.816. The first kappa shape index (κ1) is 17.3. The molecule has 1 heterocycles. The summed E-state index contributed by atoms with van der Waals surface area (Å²) in [6, 6.07) is 14.1. The molecule has 3 rings (SSSR count). The van der Waals surface area contributed by atoms with Gasteiger partial charge in [0.05, 0.1) is 13.2 Å². The van der Waals surface area contributed by atoms with E-state index in [0.29, 0.717) is 0 Å². The molecule has 0 fully saturated rings. The number of aryl methyl sites for hydroxylation is 1. The molecule has 0 bridgehead atoms. The highest BCUT2D eigenvalue weighted by Crippen LogP contribution is 2.54. The lowest BCUT2D eigenvalue weighted by Crippen LogP contribution is -2.40. The molecule has 2 aromatic rings. The fraction of sp³-hybridized carbons (Fsp3) is 0.381. The van der Waals surface area contributed by atoms with Crippen molar-refractivity contribution in [2.75, 3.05) is 12.4 Å². The van der Waals surface area contributed by atoms with E-state index in [0.717, 1.165) is 28.1 Å². The molecule has 2 aromatic carbocycles. The van der Waals surface area contributed by atoms with E-state index in [1.165, 1.54) is 6.92 Å². The molecule has 1 N–H and O–H groups in total. The lowest BCUT2D eigenvalue weighted by molar-refractivity contribution is -0.154. The third-order valence-electron chi connectivity index (χ3n) is 4.94. The van der Waals surface area contributed by atoms with E-state index in [2.05, 4.69) is 43.4 Å². The number of ether oxygens (including phenoxy) is 2. The Kier molecular flexibility index (Phi) is 4.46. The summed E-state index contributed by atoms with van der Waals surface area (Å²) in [7, 11) is 1.68. The second-order valence-corrected chi connectivity index (χ2v) is 7.22. The van der Waals surface area contributed by atoms with Gasteiger partial charge < -0.3 is 14.8 Å². The number of methoxy groups -OCH3 is 1. The van der Waals surface area contributed by atoms with Gasteiger partial charge in [-0.05, 0) is 19.1 Å².